The molecule has 1 unspecified atom stereocenters. The molecule has 2 atom stereocenters. The molecule has 1 fully saturated rings. The molecular formula is C14H19N5O. The summed E-state index contributed by atoms with van der Waals surface area (Å²) in [5, 5.41) is 16.8. The number of rotatable bonds is 0. The second-order valence-corrected chi connectivity index (χ2v) is 5.87. The number of ether oxygens (including phenoxy) is 1. The Labute approximate surface area is 118 Å². The molecule has 6 heteroatoms. The lowest BCUT2D eigenvalue weighted by Gasteiger charge is -2.47. The maximum absolute atomic E-state index is 9.60. The van der Waals surface area contributed by atoms with Crippen LogP contribution in [0.5, 0.6) is 5.88 Å². The van der Waals surface area contributed by atoms with E-state index in [9.17, 15) is 5.26 Å². The van der Waals surface area contributed by atoms with E-state index in [2.05, 4.69) is 35.1 Å². The summed E-state index contributed by atoms with van der Waals surface area (Å²) in [4.78, 5) is 2.28. The van der Waals surface area contributed by atoms with Crippen LogP contribution in [0.15, 0.2) is 11.5 Å². The summed E-state index contributed by atoms with van der Waals surface area (Å²) in [6.45, 7) is 5.98. The number of nitrogens with zero attached hydrogens (tertiary/aromatic N) is 3. The minimum atomic E-state index is -0.379. The Balaban J connectivity index is 2.25. The van der Waals surface area contributed by atoms with Gasteiger partial charge in [0.25, 0.3) is 0 Å². The third kappa shape index (κ3) is 1.50. The molecule has 2 aliphatic rings. The second-order valence-electron chi connectivity index (χ2n) is 5.87. The average Bonchev–Trinajstić information content (AvgIpc) is 2.76. The van der Waals surface area contributed by atoms with E-state index in [1.54, 1.807) is 0 Å². The Morgan fingerprint density at radius 1 is 1.60 bits per heavy atom. The lowest BCUT2D eigenvalue weighted by Crippen LogP contribution is -2.51. The van der Waals surface area contributed by atoms with Crippen molar-refractivity contribution in [2.24, 2.45) is 11.7 Å². The second kappa shape index (κ2) is 4.25. The molecule has 0 aliphatic carbocycles. The van der Waals surface area contributed by atoms with Gasteiger partial charge in [-0.15, -0.1) is 5.10 Å². The molecule has 0 aromatic carbocycles. The van der Waals surface area contributed by atoms with Crippen molar-refractivity contribution in [3.8, 4) is 11.9 Å². The van der Waals surface area contributed by atoms with Crippen LogP contribution in [0.2, 0.25) is 0 Å². The van der Waals surface area contributed by atoms with E-state index >= 15 is 0 Å². The lowest BCUT2D eigenvalue weighted by molar-refractivity contribution is 0.135. The van der Waals surface area contributed by atoms with Gasteiger partial charge in [-0.25, -0.2) is 0 Å². The molecule has 0 saturated carbocycles. The zero-order valence-corrected chi connectivity index (χ0v) is 12.0. The molecule has 1 spiro atoms. The highest BCUT2D eigenvalue weighted by Crippen LogP contribution is 2.51. The fourth-order valence-corrected chi connectivity index (χ4v) is 3.73. The molecule has 0 radical (unpaired) electrons. The standard InChI is InChI=1S/C14H19N5O/c1-8-7-19(3)5-4-14(8)10(6-15)12(16)20-13-11(14)9(2)17-18-13/h8H,4-5,7,16H2,1-3H3,(H,17,18)/t8-,14?/m1/s1. The van der Waals surface area contributed by atoms with Crippen LogP contribution >= 0.6 is 0 Å². The summed E-state index contributed by atoms with van der Waals surface area (Å²) in [6, 6.07) is 2.29. The number of nitriles is 1. The van der Waals surface area contributed by atoms with Gasteiger partial charge in [0.2, 0.25) is 11.8 Å². The molecule has 1 aromatic rings. The van der Waals surface area contributed by atoms with Crippen LogP contribution < -0.4 is 10.5 Å². The van der Waals surface area contributed by atoms with Crippen molar-refractivity contribution < 1.29 is 4.74 Å². The van der Waals surface area contributed by atoms with Gasteiger partial charge in [-0.1, -0.05) is 6.92 Å². The number of likely N-dealkylation sites (tertiary alicyclic amines) is 1. The highest BCUT2D eigenvalue weighted by atomic mass is 16.5. The smallest absolute Gasteiger partial charge is 0.244 e. The van der Waals surface area contributed by atoms with Crippen LogP contribution in [0.3, 0.4) is 0 Å². The number of hydrogen-bond acceptors (Lipinski definition) is 5. The predicted octanol–water partition coefficient (Wildman–Crippen LogP) is 1.01. The average molecular weight is 273 g/mol. The predicted molar refractivity (Wildman–Crippen MR) is 73.7 cm³/mol. The SMILES string of the molecule is Cc1[nH]nc2c1C1(CCN(C)C[C@H]1C)C(C#N)=C(N)O2. The highest BCUT2D eigenvalue weighted by molar-refractivity contribution is 5.55. The largest absolute Gasteiger partial charge is 0.420 e. The Morgan fingerprint density at radius 3 is 3.00 bits per heavy atom. The van der Waals surface area contributed by atoms with Crippen LogP contribution in [0.4, 0.5) is 0 Å². The first-order valence-corrected chi connectivity index (χ1v) is 6.83. The fourth-order valence-electron chi connectivity index (χ4n) is 3.73. The molecule has 106 valence electrons. The van der Waals surface area contributed by atoms with Crippen LogP contribution in [0, 0.1) is 24.2 Å². The number of nitrogens with two attached hydrogens (primary N) is 1. The Morgan fingerprint density at radius 2 is 2.35 bits per heavy atom. The molecule has 1 saturated heterocycles. The summed E-state index contributed by atoms with van der Waals surface area (Å²) in [7, 11) is 2.10. The first-order chi connectivity index (χ1) is 9.50. The van der Waals surface area contributed by atoms with Gasteiger partial charge in [0.1, 0.15) is 11.6 Å². The number of H-pyrrole nitrogens is 1. The van der Waals surface area contributed by atoms with Crippen molar-refractivity contribution >= 4 is 0 Å². The lowest BCUT2D eigenvalue weighted by atomic mass is 9.61. The Kier molecular flexibility index (Phi) is 2.76. The number of piperidine rings is 1. The molecule has 1 aromatic heterocycles. The van der Waals surface area contributed by atoms with Crippen molar-refractivity contribution in [2.75, 3.05) is 20.1 Å². The monoisotopic (exact) mass is 273 g/mol. The zero-order valence-electron chi connectivity index (χ0n) is 12.0. The third-order valence-electron chi connectivity index (χ3n) is 4.69. The number of aryl methyl sites for hydroxylation is 1. The van der Waals surface area contributed by atoms with Crippen LogP contribution in [-0.2, 0) is 5.41 Å². The van der Waals surface area contributed by atoms with Gasteiger partial charge in [0.15, 0.2) is 0 Å². The molecule has 2 aliphatic heterocycles. The normalized spacial score (nSPS) is 30.0. The van der Waals surface area contributed by atoms with Gasteiger partial charge in [-0.2, -0.15) is 5.26 Å². The van der Waals surface area contributed by atoms with Crippen LogP contribution in [0.1, 0.15) is 24.6 Å². The highest BCUT2D eigenvalue weighted by Gasteiger charge is 2.52. The zero-order chi connectivity index (χ0) is 14.5. The van der Waals surface area contributed by atoms with E-state index < -0.39 is 0 Å². The Hall–Kier alpha value is -2.00. The van der Waals surface area contributed by atoms with E-state index in [0.29, 0.717) is 11.5 Å². The maximum Gasteiger partial charge on any atom is 0.244 e. The molecule has 20 heavy (non-hydrogen) atoms. The minimum absolute atomic E-state index is 0.197. The first kappa shape index (κ1) is 13.0. The van der Waals surface area contributed by atoms with Crippen molar-refractivity contribution in [1.82, 2.24) is 15.1 Å². The topological polar surface area (TPSA) is 91.0 Å². The van der Waals surface area contributed by atoms with E-state index in [1.165, 1.54) is 0 Å². The third-order valence-corrected chi connectivity index (χ3v) is 4.69. The van der Waals surface area contributed by atoms with Gasteiger partial charge < -0.3 is 15.4 Å². The van der Waals surface area contributed by atoms with Gasteiger partial charge in [-0.3, -0.25) is 5.10 Å². The van der Waals surface area contributed by atoms with Gasteiger partial charge in [0.05, 0.1) is 0 Å². The number of fused-ring (bicyclic) bond motifs is 2. The number of allylic oxidation sites excluding steroid dienone is 1. The van der Waals surface area contributed by atoms with Crippen LogP contribution in [0.25, 0.3) is 0 Å². The number of aromatic nitrogens is 2. The minimum Gasteiger partial charge on any atom is -0.420 e. The number of nitrogens with one attached hydrogen (secondary N) is 1. The summed E-state index contributed by atoms with van der Waals surface area (Å²) >= 11 is 0. The van der Waals surface area contributed by atoms with Crippen molar-refractivity contribution in [3.05, 3.63) is 22.7 Å². The summed E-state index contributed by atoms with van der Waals surface area (Å²) < 4.78 is 5.54. The molecular weight excluding hydrogens is 254 g/mol. The van der Waals surface area contributed by atoms with Crippen molar-refractivity contribution in [1.29, 1.82) is 5.26 Å². The maximum atomic E-state index is 9.60. The van der Waals surface area contributed by atoms with Gasteiger partial charge in [0, 0.05) is 23.2 Å². The van der Waals surface area contributed by atoms with Crippen molar-refractivity contribution in [2.45, 2.75) is 25.7 Å². The number of aromatic amines is 1. The molecule has 0 amide bonds. The number of hydrogen-bond donors (Lipinski definition) is 2. The van der Waals surface area contributed by atoms with Crippen LogP contribution in [-0.4, -0.2) is 35.2 Å². The summed E-state index contributed by atoms with van der Waals surface area (Å²) in [6.07, 6.45) is 0.852. The molecule has 3 heterocycles. The Bertz CT molecular complexity index is 626. The van der Waals surface area contributed by atoms with Gasteiger partial charge in [-0.05, 0) is 32.9 Å². The van der Waals surface area contributed by atoms with Gasteiger partial charge >= 0.3 is 0 Å². The quantitative estimate of drug-likeness (QED) is 0.736. The summed E-state index contributed by atoms with van der Waals surface area (Å²) in [5.74, 6) is 0.992. The first-order valence-electron chi connectivity index (χ1n) is 6.83. The molecule has 0 bridgehead atoms. The summed E-state index contributed by atoms with van der Waals surface area (Å²) in [5.41, 5.74) is 8.11. The van der Waals surface area contributed by atoms with E-state index in [0.717, 1.165) is 30.8 Å². The molecule has 3 N–H and O–H groups in total. The molecule has 6 nitrogen and oxygen atoms in total. The fraction of sp³-hybridized carbons (Fsp3) is 0.571. The van der Waals surface area contributed by atoms with E-state index in [-0.39, 0.29) is 17.2 Å². The van der Waals surface area contributed by atoms with E-state index in [1.807, 2.05) is 6.92 Å². The van der Waals surface area contributed by atoms with Crippen molar-refractivity contribution in [3.63, 3.8) is 0 Å². The molecule has 3 rings (SSSR count). The van der Waals surface area contributed by atoms with E-state index in [4.69, 9.17) is 10.5 Å².